The molecule has 2 N–H and O–H groups in total. The zero-order valence-corrected chi connectivity index (χ0v) is 12.7. The van der Waals surface area contributed by atoms with Crippen LogP contribution in [0.4, 0.5) is 4.39 Å². The molecule has 0 saturated carbocycles. The molecule has 0 aliphatic carbocycles. The second kappa shape index (κ2) is 7.28. The van der Waals surface area contributed by atoms with E-state index in [0.29, 0.717) is 17.2 Å². The van der Waals surface area contributed by atoms with E-state index in [1.807, 2.05) is 0 Å². The highest BCUT2D eigenvalue weighted by molar-refractivity contribution is 6.03. The molecule has 1 aromatic carbocycles. The first kappa shape index (κ1) is 15.5. The van der Waals surface area contributed by atoms with E-state index in [2.05, 4.69) is 20.4 Å². The van der Waals surface area contributed by atoms with Crippen LogP contribution in [-0.2, 0) is 6.54 Å². The van der Waals surface area contributed by atoms with Crippen molar-refractivity contribution in [3.63, 3.8) is 0 Å². The Labute approximate surface area is 138 Å². The highest BCUT2D eigenvalue weighted by Gasteiger charge is 2.08. The van der Waals surface area contributed by atoms with E-state index in [1.54, 1.807) is 61.1 Å². The lowest BCUT2D eigenvalue weighted by atomic mass is 10.2. The van der Waals surface area contributed by atoms with E-state index < -0.39 is 0 Å². The van der Waals surface area contributed by atoms with E-state index in [9.17, 15) is 4.39 Å². The molecule has 2 aromatic heterocycles. The molecule has 0 bridgehead atoms. The fourth-order valence-corrected chi connectivity index (χ4v) is 2.05. The maximum Gasteiger partial charge on any atom is 0.226 e. The Hall–Kier alpha value is -3.35. The number of nitrogens with zero attached hydrogens (tertiary/aromatic N) is 4. The Morgan fingerprint density at radius 2 is 1.96 bits per heavy atom. The Balaban J connectivity index is 1.83. The number of hydrogen-bond acceptors (Lipinski definition) is 3. The van der Waals surface area contributed by atoms with Gasteiger partial charge in [0.05, 0.1) is 0 Å². The molecule has 3 aromatic rings. The van der Waals surface area contributed by atoms with Crippen molar-refractivity contribution >= 4 is 11.8 Å². The Kier molecular flexibility index (Phi) is 4.71. The topological polar surface area (TPSA) is 79.0 Å². The number of nitrogens with one attached hydrogen (secondary N) is 2. The molecule has 6 nitrogen and oxygen atoms in total. The van der Waals surface area contributed by atoms with Crippen molar-refractivity contribution < 1.29 is 4.39 Å². The van der Waals surface area contributed by atoms with Gasteiger partial charge in [0.15, 0.2) is 5.84 Å². The van der Waals surface area contributed by atoms with Crippen molar-refractivity contribution in [3.05, 3.63) is 84.2 Å². The molecular weight excluding hydrogens is 307 g/mol. The summed E-state index contributed by atoms with van der Waals surface area (Å²) in [6, 6.07) is 13.5. The van der Waals surface area contributed by atoms with E-state index >= 15 is 0 Å². The standard InChI is InChI=1S/C17H15FN6/c18-14-7-2-1-6-13(14)12-21-17(24-11-5-10-22-24)23-16(19)15-8-3-4-9-20-15/h1-11H,12H2,(H2,19,21,23). The third kappa shape index (κ3) is 3.70. The summed E-state index contributed by atoms with van der Waals surface area (Å²) in [5, 5.41) is 15.2. The Morgan fingerprint density at radius 3 is 2.67 bits per heavy atom. The number of benzene rings is 1. The van der Waals surface area contributed by atoms with Gasteiger partial charge in [-0.15, -0.1) is 0 Å². The average molecular weight is 322 g/mol. The summed E-state index contributed by atoms with van der Waals surface area (Å²) in [6.45, 7) is 0.223. The normalized spacial score (nSPS) is 11.3. The van der Waals surface area contributed by atoms with Gasteiger partial charge in [0.25, 0.3) is 0 Å². The van der Waals surface area contributed by atoms with E-state index in [4.69, 9.17) is 5.41 Å². The van der Waals surface area contributed by atoms with Crippen molar-refractivity contribution in [1.82, 2.24) is 20.1 Å². The quantitative estimate of drug-likeness (QED) is 0.574. The van der Waals surface area contributed by atoms with Gasteiger partial charge in [-0.05, 0) is 24.3 Å². The van der Waals surface area contributed by atoms with Gasteiger partial charge in [-0.25, -0.2) is 9.07 Å². The third-order valence-electron chi connectivity index (χ3n) is 3.24. The zero-order chi connectivity index (χ0) is 16.8. The predicted molar refractivity (Wildman–Crippen MR) is 89.4 cm³/mol. The van der Waals surface area contributed by atoms with Crippen LogP contribution in [0.3, 0.4) is 0 Å². The number of rotatable bonds is 3. The molecule has 0 aliphatic heterocycles. The molecule has 2 heterocycles. The van der Waals surface area contributed by atoms with Crippen molar-refractivity contribution in [1.29, 1.82) is 5.41 Å². The SMILES string of the molecule is N=C(/N=C(\NCc1ccccc1F)n1cccn1)c1ccccn1. The Bertz CT molecular complexity index is 843. The van der Waals surface area contributed by atoms with Crippen molar-refractivity contribution in [2.24, 2.45) is 4.99 Å². The van der Waals surface area contributed by atoms with Gasteiger partial charge >= 0.3 is 0 Å². The third-order valence-corrected chi connectivity index (χ3v) is 3.24. The lowest BCUT2D eigenvalue weighted by molar-refractivity contribution is 0.604. The summed E-state index contributed by atoms with van der Waals surface area (Å²) in [4.78, 5) is 8.33. The molecule has 3 rings (SSSR count). The number of aromatic nitrogens is 3. The van der Waals surface area contributed by atoms with Gasteiger partial charge in [-0.1, -0.05) is 24.3 Å². The van der Waals surface area contributed by atoms with Crippen LogP contribution < -0.4 is 5.32 Å². The fourth-order valence-electron chi connectivity index (χ4n) is 2.05. The number of aliphatic imine (C=N–C) groups is 1. The molecule has 0 atom stereocenters. The summed E-state index contributed by atoms with van der Waals surface area (Å²) in [5.74, 6) is 0.00524. The van der Waals surface area contributed by atoms with Crippen molar-refractivity contribution in [2.45, 2.75) is 6.54 Å². The monoisotopic (exact) mass is 322 g/mol. The largest absolute Gasteiger partial charge is 0.350 e. The summed E-state index contributed by atoms with van der Waals surface area (Å²) < 4.78 is 15.2. The molecule has 0 amide bonds. The molecule has 120 valence electrons. The summed E-state index contributed by atoms with van der Waals surface area (Å²) in [7, 11) is 0. The molecule has 0 unspecified atom stereocenters. The summed E-state index contributed by atoms with van der Waals surface area (Å²) >= 11 is 0. The van der Waals surface area contributed by atoms with Crippen LogP contribution in [0, 0.1) is 11.2 Å². The molecule has 0 radical (unpaired) electrons. The maximum atomic E-state index is 13.8. The molecule has 0 spiro atoms. The number of halogens is 1. The number of amidine groups is 1. The highest BCUT2D eigenvalue weighted by atomic mass is 19.1. The molecule has 0 fully saturated rings. The van der Waals surface area contributed by atoms with Gasteiger partial charge < -0.3 is 5.32 Å². The first-order chi connectivity index (χ1) is 11.7. The molecular formula is C17H15FN6. The van der Waals surface area contributed by atoms with Crippen LogP contribution in [0.25, 0.3) is 0 Å². The van der Waals surface area contributed by atoms with Crippen LogP contribution in [0.15, 0.2) is 72.1 Å². The first-order valence-electron chi connectivity index (χ1n) is 7.30. The minimum absolute atomic E-state index is 0.0119. The second-order valence-corrected chi connectivity index (χ2v) is 4.89. The molecule has 24 heavy (non-hydrogen) atoms. The van der Waals surface area contributed by atoms with Crippen LogP contribution >= 0.6 is 0 Å². The predicted octanol–water partition coefficient (Wildman–Crippen LogP) is 2.44. The molecule has 7 heteroatoms. The van der Waals surface area contributed by atoms with Crippen LogP contribution in [0.2, 0.25) is 0 Å². The van der Waals surface area contributed by atoms with Crippen LogP contribution in [-0.4, -0.2) is 26.6 Å². The average Bonchev–Trinajstić information content (AvgIpc) is 3.15. The van der Waals surface area contributed by atoms with Crippen molar-refractivity contribution in [3.8, 4) is 0 Å². The molecule has 0 aliphatic rings. The van der Waals surface area contributed by atoms with Crippen LogP contribution in [0.5, 0.6) is 0 Å². The van der Waals surface area contributed by atoms with Crippen molar-refractivity contribution in [2.75, 3.05) is 0 Å². The maximum absolute atomic E-state index is 13.8. The Morgan fingerprint density at radius 1 is 1.12 bits per heavy atom. The highest BCUT2D eigenvalue weighted by Crippen LogP contribution is 2.06. The fraction of sp³-hybridized carbons (Fsp3) is 0.0588. The van der Waals surface area contributed by atoms with Gasteiger partial charge in [-0.2, -0.15) is 10.1 Å². The second-order valence-electron chi connectivity index (χ2n) is 4.89. The van der Waals surface area contributed by atoms with Gasteiger partial charge in [-0.3, -0.25) is 10.4 Å². The molecule has 0 saturated heterocycles. The minimum atomic E-state index is -0.301. The van der Waals surface area contributed by atoms with Gasteiger partial charge in [0.1, 0.15) is 11.5 Å². The smallest absolute Gasteiger partial charge is 0.226 e. The minimum Gasteiger partial charge on any atom is -0.350 e. The van der Waals surface area contributed by atoms with Gasteiger partial charge in [0.2, 0.25) is 5.96 Å². The van der Waals surface area contributed by atoms with E-state index in [1.165, 1.54) is 10.7 Å². The first-order valence-corrected chi connectivity index (χ1v) is 7.30. The van der Waals surface area contributed by atoms with E-state index in [-0.39, 0.29) is 18.2 Å². The number of pyridine rings is 1. The van der Waals surface area contributed by atoms with Crippen LogP contribution in [0.1, 0.15) is 11.3 Å². The summed E-state index contributed by atoms with van der Waals surface area (Å²) in [6.07, 6.45) is 4.89. The summed E-state index contributed by atoms with van der Waals surface area (Å²) in [5.41, 5.74) is 0.941. The van der Waals surface area contributed by atoms with Gasteiger partial charge in [0, 0.05) is 30.7 Å². The lowest BCUT2D eigenvalue weighted by Crippen LogP contribution is -2.31. The number of hydrogen-bond donors (Lipinski definition) is 2. The van der Waals surface area contributed by atoms with E-state index in [0.717, 1.165) is 0 Å². The zero-order valence-electron chi connectivity index (χ0n) is 12.7. The lowest BCUT2D eigenvalue weighted by Gasteiger charge is -2.11.